The molecule has 238 valence electrons. The number of rotatable bonds is 11. The number of nitrogens with one attached hydrogen (secondary N) is 1. The molecule has 1 heterocycles. The van der Waals surface area contributed by atoms with Crippen molar-refractivity contribution in [1.82, 2.24) is 10.2 Å². The fourth-order valence-corrected chi connectivity index (χ4v) is 5.27. The molecule has 0 bridgehead atoms. The molecule has 2 atom stereocenters. The van der Waals surface area contributed by atoms with E-state index in [2.05, 4.69) is 76.8 Å². The summed E-state index contributed by atoms with van der Waals surface area (Å²) in [6.07, 6.45) is 1.94. The molecule has 0 aliphatic carbocycles. The van der Waals surface area contributed by atoms with Crippen molar-refractivity contribution in [3.63, 3.8) is 0 Å². The van der Waals surface area contributed by atoms with E-state index in [-0.39, 0.29) is 17.6 Å². The first-order valence-electron chi connectivity index (χ1n) is 15.7. The summed E-state index contributed by atoms with van der Waals surface area (Å²) in [6.45, 7) is 9.59. The number of carbonyl (C=O) groups excluding carboxylic acids is 2. The minimum absolute atomic E-state index is 0.0364. The normalized spacial score (nSPS) is 16.3. The number of carbonyl (C=O) groups is 2. The van der Waals surface area contributed by atoms with Crippen LogP contribution in [-0.2, 0) is 20.9 Å². The lowest BCUT2D eigenvalue weighted by Gasteiger charge is -2.32. The molecular formula is C38H46N2O5. The van der Waals surface area contributed by atoms with E-state index in [1.165, 1.54) is 21.9 Å². The van der Waals surface area contributed by atoms with Crippen molar-refractivity contribution in [3.8, 4) is 5.75 Å². The maximum Gasteiger partial charge on any atom is 0.293 e. The van der Waals surface area contributed by atoms with E-state index in [0.717, 1.165) is 31.7 Å². The molecule has 5 rings (SSSR count). The number of ether oxygens (including phenoxy) is 3. The van der Waals surface area contributed by atoms with Crippen LogP contribution in [0.1, 0.15) is 61.0 Å². The van der Waals surface area contributed by atoms with Crippen molar-refractivity contribution in [1.29, 1.82) is 0 Å². The van der Waals surface area contributed by atoms with Gasteiger partial charge in [0, 0.05) is 31.6 Å². The Hall–Kier alpha value is -4.20. The topological polar surface area (TPSA) is 77.1 Å². The highest BCUT2D eigenvalue weighted by atomic mass is 16.5. The van der Waals surface area contributed by atoms with Gasteiger partial charge in [-0.1, -0.05) is 66.7 Å². The second-order valence-corrected chi connectivity index (χ2v) is 12.3. The van der Waals surface area contributed by atoms with Crippen LogP contribution in [0.25, 0.3) is 10.8 Å². The van der Waals surface area contributed by atoms with Gasteiger partial charge in [-0.3, -0.25) is 9.59 Å². The maximum absolute atomic E-state index is 12.5. The Bertz CT molecular complexity index is 1480. The van der Waals surface area contributed by atoms with Gasteiger partial charge < -0.3 is 24.4 Å². The smallest absolute Gasteiger partial charge is 0.293 e. The number of benzene rings is 4. The van der Waals surface area contributed by atoms with Gasteiger partial charge in [-0.2, -0.15) is 0 Å². The van der Waals surface area contributed by atoms with E-state index in [1.54, 1.807) is 4.90 Å². The number of hydrogen-bond acceptors (Lipinski definition) is 6. The zero-order valence-corrected chi connectivity index (χ0v) is 26.9. The third-order valence-electron chi connectivity index (χ3n) is 7.69. The van der Waals surface area contributed by atoms with Gasteiger partial charge >= 0.3 is 0 Å². The maximum atomic E-state index is 12.5. The Morgan fingerprint density at radius 1 is 0.933 bits per heavy atom. The molecule has 4 aromatic rings. The molecule has 1 saturated heterocycles. The molecule has 0 saturated carbocycles. The lowest BCUT2D eigenvalue weighted by molar-refractivity contribution is -0.138. The molecule has 1 amide bonds. The summed E-state index contributed by atoms with van der Waals surface area (Å²) in [5.74, 6) is 1.24. The van der Waals surface area contributed by atoms with Crippen LogP contribution in [0.15, 0.2) is 97.1 Å². The van der Waals surface area contributed by atoms with Crippen LogP contribution in [0, 0.1) is 0 Å². The summed E-state index contributed by atoms with van der Waals surface area (Å²) in [4.78, 5) is 23.8. The highest BCUT2D eigenvalue weighted by molar-refractivity contribution is 5.93. The van der Waals surface area contributed by atoms with Crippen LogP contribution >= 0.6 is 0 Å². The third-order valence-corrected chi connectivity index (χ3v) is 7.69. The van der Waals surface area contributed by atoms with Crippen LogP contribution < -0.4 is 10.1 Å². The summed E-state index contributed by atoms with van der Waals surface area (Å²) in [7, 11) is 1.83. The highest BCUT2D eigenvalue weighted by Crippen LogP contribution is 2.30. The Morgan fingerprint density at radius 2 is 1.64 bits per heavy atom. The quantitative estimate of drug-likeness (QED) is 0.146. The van der Waals surface area contributed by atoms with Gasteiger partial charge in [0.25, 0.3) is 12.4 Å². The Morgan fingerprint density at radius 3 is 2.33 bits per heavy atom. The SMILES string of the molecule is CC(C)(C)OC=O.CN(CCCOc1ccc(C2CCNCC2OCc2ccc3ccccc3c2)cc1)C(=O)c1ccccc1. The first kappa shape index (κ1) is 33.7. The summed E-state index contributed by atoms with van der Waals surface area (Å²) < 4.78 is 17.0. The molecule has 2 unspecified atom stereocenters. The predicted molar refractivity (Wildman–Crippen MR) is 180 cm³/mol. The predicted octanol–water partition coefficient (Wildman–Crippen LogP) is 7.00. The Kier molecular flexibility index (Phi) is 12.5. The van der Waals surface area contributed by atoms with E-state index in [4.69, 9.17) is 9.47 Å². The van der Waals surface area contributed by atoms with Crippen LogP contribution in [-0.4, -0.2) is 62.3 Å². The molecule has 1 aliphatic rings. The fraction of sp³-hybridized carbons (Fsp3) is 0.368. The van der Waals surface area contributed by atoms with E-state index in [0.29, 0.717) is 37.7 Å². The third kappa shape index (κ3) is 10.7. The van der Waals surface area contributed by atoms with E-state index >= 15 is 0 Å². The van der Waals surface area contributed by atoms with Crippen molar-refractivity contribution in [3.05, 3.63) is 114 Å². The fourth-order valence-electron chi connectivity index (χ4n) is 5.27. The summed E-state index contributed by atoms with van der Waals surface area (Å²) in [6, 6.07) is 32.8. The minimum Gasteiger partial charge on any atom is -0.494 e. The van der Waals surface area contributed by atoms with Crippen molar-refractivity contribution < 1.29 is 23.8 Å². The molecule has 7 heteroatoms. The summed E-state index contributed by atoms with van der Waals surface area (Å²) >= 11 is 0. The van der Waals surface area contributed by atoms with Crippen molar-refractivity contribution >= 4 is 23.2 Å². The van der Waals surface area contributed by atoms with E-state index in [9.17, 15) is 9.59 Å². The van der Waals surface area contributed by atoms with Crippen molar-refractivity contribution in [2.24, 2.45) is 0 Å². The minimum atomic E-state index is -0.318. The van der Waals surface area contributed by atoms with Crippen molar-refractivity contribution in [2.75, 3.05) is 33.3 Å². The number of fused-ring (bicyclic) bond motifs is 1. The molecular weight excluding hydrogens is 564 g/mol. The second kappa shape index (κ2) is 16.8. The van der Waals surface area contributed by atoms with Crippen LogP contribution in [0.3, 0.4) is 0 Å². The van der Waals surface area contributed by atoms with Crippen LogP contribution in [0.2, 0.25) is 0 Å². The van der Waals surface area contributed by atoms with Gasteiger partial charge in [0.05, 0.1) is 19.3 Å². The average molecular weight is 611 g/mol. The highest BCUT2D eigenvalue weighted by Gasteiger charge is 2.27. The molecule has 0 spiro atoms. The number of hydrogen-bond donors (Lipinski definition) is 1. The molecule has 0 aromatic heterocycles. The summed E-state index contributed by atoms with van der Waals surface area (Å²) in [5, 5.41) is 6.00. The van der Waals surface area contributed by atoms with E-state index < -0.39 is 0 Å². The van der Waals surface area contributed by atoms with Crippen LogP contribution in [0.4, 0.5) is 0 Å². The first-order valence-corrected chi connectivity index (χ1v) is 15.7. The lowest BCUT2D eigenvalue weighted by Crippen LogP contribution is -2.40. The van der Waals surface area contributed by atoms with Gasteiger partial charge in [0.15, 0.2) is 0 Å². The van der Waals surface area contributed by atoms with Gasteiger partial charge in [0.2, 0.25) is 0 Å². The summed E-state index contributed by atoms with van der Waals surface area (Å²) in [5.41, 5.74) is 2.88. The first-order chi connectivity index (χ1) is 21.7. The average Bonchev–Trinajstić information content (AvgIpc) is 3.06. The standard InChI is InChI=1S/C33H36N2O3.C5H10O2/c1-35(33(36)28-9-3-2-4-10-28)20-7-21-37-30-16-14-27(15-17-30)31-18-19-34-23-32(31)38-24-25-12-13-26-8-5-6-11-29(26)22-25;1-5(2,3)7-4-6/h2-6,8-17,22,31-32,34H,7,18-21,23-24H2,1H3;4H,1-3H3. The Balaban J connectivity index is 0.000000591. The molecule has 1 aliphatic heterocycles. The number of piperidine rings is 1. The second-order valence-electron chi connectivity index (χ2n) is 12.3. The number of amides is 1. The van der Waals surface area contributed by atoms with Gasteiger partial charge in [-0.25, -0.2) is 0 Å². The molecule has 0 radical (unpaired) electrons. The Labute approximate surface area is 267 Å². The largest absolute Gasteiger partial charge is 0.494 e. The van der Waals surface area contributed by atoms with Gasteiger partial charge in [-0.05, 0) is 92.4 Å². The monoisotopic (exact) mass is 610 g/mol. The van der Waals surface area contributed by atoms with Crippen molar-refractivity contribution in [2.45, 2.75) is 57.8 Å². The van der Waals surface area contributed by atoms with E-state index in [1.807, 2.05) is 58.2 Å². The zero-order valence-electron chi connectivity index (χ0n) is 26.9. The zero-order chi connectivity index (χ0) is 32.1. The molecule has 1 N–H and O–H groups in total. The molecule has 4 aromatic carbocycles. The number of nitrogens with zero attached hydrogens (tertiary/aromatic N) is 1. The van der Waals surface area contributed by atoms with Gasteiger partial charge in [-0.15, -0.1) is 0 Å². The molecule has 1 fully saturated rings. The lowest BCUT2D eigenvalue weighted by atomic mass is 9.87. The molecule has 45 heavy (non-hydrogen) atoms. The van der Waals surface area contributed by atoms with Gasteiger partial charge in [0.1, 0.15) is 11.4 Å². The van der Waals surface area contributed by atoms with Crippen LogP contribution in [0.5, 0.6) is 5.75 Å². The molecule has 7 nitrogen and oxygen atoms in total.